The quantitative estimate of drug-likeness (QED) is 0.591. The van der Waals surface area contributed by atoms with E-state index in [1.807, 2.05) is 30.3 Å². The summed E-state index contributed by atoms with van der Waals surface area (Å²) in [6, 6.07) is 9.27. The summed E-state index contributed by atoms with van der Waals surface area (Å²) < 4.78 is 15.6. The monoisotopic (exact) mass is 392 g/mol. The Kier molecular flexibility index (Phi) is 6.88. The summed E-state index contributed by atoms with van der Waals surface area (Å²) in [5, 5.41) is 2.60. The summed E-state index contributed by atoms with van der Waals surface area (Å²) in [4.78, 5) is 38.0. The van der Waals surface area contributed by atoms with Gasteiger partial charge < -0.3 is 24.4 Å². The highest BCUT2D eigenvalue weighted by Gasteiger charge is 2.53. The van der Waals surface area contributed by atoms with Crippen molar-refractivity contribution >= 4 is 18.2 Å². The Morgan fingerprint density at radius 3 is 2.32 bits per heavy atom. The molecule has 1 heterocycles. The number of hydrogen-bond acceptors (Lipinski definition) is 6. The molecule has 154 valence electrons. The fraction of sp³-hybridized carbons (Fsp3) is 0.550. The molecular formula is C20H28N2O6. The number of rotatable bonds is 6. The van der Waals surface area contributed by atoms with Crippen molar-refractivity contribution < 1.29 is 28.6 Å². The molecule has 1 aliphatic rings. The zero-order chi connectivity index (χ0) is 20.8. The molecule has 1 aromatic rings. The number of benzene rings is 1. The third-order valence-electron chi connectivity index (χ3n) is 4.13. The Balaban J connectivity index is 1.89. The van der Waals surface area contributed by atoms with Crippen molar-refractivity contribution in [2.45, 2.75) is 39.9 Å². The van der Waals surface area contributed by atoms with E-state index in [9.17, 15) is 14.4 Å². The molecule has 1 fully saturated rings. The number of likely N-dealkylation sites (tertiary alicyclic amines) is 1. The SMILES string of the molecule is CCOC(=O)C1(CNC(=O)OCc2ccccc2)CN(C(=O)OC(C)(C)C)C1. The van der Waals surface area contributed by atoms with Gasteiger partial charge in [-0.2, -0.15) is 0 Å². The van der Waals surface area contributed by atoms with Gasteiger partial charge in [-0.05, 0) is 33.3 Å². The smallest absolute Gasteiger partial charge is 0.410 e. The number of carbonyl (C=O) groups is 3. The lowest BCUT2D eigenvalue weighted by atomic mass is 9.80. The van der Waals surface area contributed by atoms with Crippen molar-refractivity contribution in [2.75, 3.05) is 26.2 Å². The third kappa shape index (κ3) is 5.87. The zero-order valence-corrected chi connectivity index (χ0v) is 16.8. The molecule has 0 bridgehead atoms. The standard InChI is InChI=1S/C20H28N2O6/c1-5-26-16(23)20(13-22(14-20)18(25)28-19(2,3)4)12-21-17(24)27-11-15-9-7-6-8-10-15/h6-10H,5,11-14H2,1-4H3,(H,21,24). The molecule has 1 aromatic carbocycles. The van der Waals surface area contributed by atoms with Crippen LogP contribution in [-0.2, 0) is 25.6 Å². The summed E-state index contributed by atoms with van der Waals surface area (Å²) >= 11 is 0. The van der Waals surface area contributed by atoms with Crippen LogP contribution in [0, 0.1) is 5.41 Å². The van der Waals surface area contributed by atoms with Gasteiger partial charge in [0.2, 0.25) is 0 Å². The summed E-state index contributed by atoms with van der Waals surface area (Å²) in [7, 11) is 0. The Labute approximate surface area is 165 Å². The minimum Gasteiger partial charge on any atom is -0.465 e. The highest BCUT2D eigenvalue weighted by Crippen LogP contribution is 2.32. The van der Waals surface area contributed by atoms with Crippen LogP contribution in [-0.4, -0.2) is 54.9 Å². The van der Waals surface area contributed by atoms with E-state index in [0.717, 1.165) is 5.56 Å². The Morgan fingerprint density at radius 1 is 1.11 bits per heavy atom. The predicted octanol–water partition coefficient (Wildman–Crippen LogP) is 2.71. The second kappa shape index (κ2) is 8.95. The molecule has 2 rings (SSSR count). The number of esters is 1. The minimum absolute atomic E-state index is 0.0127. The lowest BCUT2D eigenvalue weighted by Gasteiger charge is -2.47. The van der Waals surface area contributed by atoms with Gasteiger partial charge >= 0.3 is 18.2 Å². The van der Waals surface area contributed by atoms with Crippen molar-refractivity contribution in [3.63, 3.8) is 0 Å². The maximum absolute atomic E-state index is 12.4. The number of nitrogens with zero attached hydrogens (tertiary/aromatic N) is 1. The first-order valence-electron chi connectivity index (χ1n) is 9.25. The molecule has 0 unspecified atom stereocenters. The maximum atomic E-state index is 12.4. The molecule has 0 aromatic heterocycles. The number of carbonyl (C=O) groups excluding carboxylic acids is 3. The number of nitrogens with one attached hydrogen (secondary N) is 1. The highest BCUT2D eigenvalue weighted by molar-refractivity contribution is 5.83. The van der Waals surface area contributed by atoms with Crippen LogP contribution in [0.15, 0.2) is 30.3 Å². The molecule has 8 heteroatoms. The van der Waals surface area contributed by atoms with Crippen LogP contribution >= 0.6 is 0 Å². The molecule has 1 N–H and O–H groups in total. The van der Waals surface area contributed by atoms with Crippen molar-refractivity contribution in [1.29, 1.82) is 0 Å². The average molecular weight is 392 g/mol. The predicted molar refractivity (Wildman–Crippen MR) is 102 cm³/mol. The van der Waals surface area contributed by atoms with Crippen molar-refractivity contribution in [1.82, 2.24) is 10.2 Å². The topological polar surface area (TPSA) is 94.2 Å². The van der Waals surface area contributed by atoms with E-state index in [4.69, 9.17) is 14.2 Å². The van der Waals surface area contributed by atoms with Gasteiger partial charge in [0.1, 0.15) is 17.6 Å². The molecule has 0 aliphatic carbocycles. The molecule has 0 atom stereocenters. The molecule has 1 aliphatic heterocycles. The fourth-order valence-electron chi connectivity index (χ4n) is 2.75. The van der Waals surface area contributed by atoms with Gasteiger partial charge in [0.25, 0.3) is 0 Å². The first-order chi connectivity index (χ1) is 13.1. The third-order valence-corrected chi connectivity index (χ3v) is 4.13. The Hall–Kier alpha value is -2.77. The van der Waals surface area contributed by atoms with Crippen molar-refractivity contribution in [3.05, 3.63) is 35.9 Å². The van der Waals surface area contributed by atoms with E-state index in [2.05, 4.69) is 5.32 Å². The van der Waals surface area contributed by atoms with E-state index in [1.165, 1.54) is 4.90 Å². The first-order valence-corrected chi connectivity index (χ1v) is 9.25. The second-order valence-corrected chi connectivity index (χ2v) is 7.75. The van der Waals surface area contributed by atoms with E-state index < -0.39 is 29.2 Å². The largest absolute Gasteiger partial charge is 0.465 e. The number of amides is 2. The van der Waals surface area contributed by atoms with E-state index >= 15 is 0 Å². The van der Waals surface area contributed by atoms with Crippen LogP contribution in [0.4, 0.5) is 9.59 Å². The van der Waals surface area contributed by atoms with Gasteiger partial charge in [0, 0.05) is 19.6 Å². The van der Waals surface area contributed by atoms with Gasteiger partial charge in [-0.15, -0.1) is 0 Å². The molecule has 0 radical (unpaired) electrons. The summed E-state index contributed by atoms with van der Waals surface area (Å²) in [5.74, 6) is -0.460. The Morgan fingerprint density at radius 2 is 1.75 bits per heavy atom. The average Bonchev–Trinajstić information content (AvgIpc) is 2.58. The summed E-state index contributed by atoms with van der Waals surface area (Å²) in [6.45, 7) is 7.60. The lowest BCUT2D eigenvalue weighted by molar-refractivity contribution is -0.165. The molecular weight excluding hydrogens is 364 g/mol. The van der Waals surface area contributed by atoms with Gasteiger partial charge in [0.05, 0.1) is 6.61 Å². The molecule has 8 nitrogen and oxygen atoms in total. The number of hydrogen-bond donors (Lipinski definition) is 1. The lowest BCUT2D eigenvalue weighted by Crippen LogP contribution is -2.66. The molecule has 28 heavy (non-hydrogen) atoms. The summed E-state index contributed by atoms with van der Waals surface area (Å²) in [5.41, 5.74) is -0.769. The Bertz CT molecular complexity index is 692. The van der Waals surface area contributed by atoms with Crippen LogP contribution in [0.25, 0.3) is 0 Å². The minimum atomic E-state index is -1.00. The molecule has 2 amide bonds. The fourth-order valence-corrected chi connectivity index (χ4v) is 2.75. The van der Waals surface area contributed by atoms with Crippen molar-refractivity contribution in [3.8, 4) is 0 Å². The van der Waals surface area contributed by atoms with Crippen LogP contribution in [0.1, 0.15) is 33.3 Å². The number of ether oxygens (including phenoxy) is 3. The van der Waals surface area contributed by atoms with Crippen LogP contribution in [0.2, 0.25) is 0 Å². The molecule has 0 saturated carbocycles. The van der Waals surface area contributed by atoms with Crippen molar-refractivity contribution in [2.24, 2.45) is 5.41 Å². The molecule has 1 saturated heterocycles. The normalized spacial score (nSPS) is 15.2. The van der Waals surface area contributed by atoms with E-state index in [-0.39, 0.29) is 32.8 Å². The van der Waals surface area contributed by atoms with Crippen LogP contribution in [0.3, 0.4) is 0 Å². The van der Waals surface area contributed by atoms with Crippen LogP contribution < -0.4 is 5.32 Å². The van der Waals surface area contributed by atoms with Gasteiger partial charge in [-0.25, -0.2) is 9.59 Å². The molecule has 0 spiro atoms. The van der Waals surface area contributed by atoms with Gasteiger partial charge in [-0.3, -0.25) is 4.79 Å². The van der Waals surface area contributed by atoms with Gasteiger partial charge in [0.15, 0.2) is 0 Å². The van der Waals surface area contributed by atoms with E-state index in [0.29, 0.717) is 0 Å². The number of alkyl carbamates (subject to hydrolysis) is 1. The highest BCUT2D eigenvalue weighted by atomic mass is 16.6. The second-order valence-electron chi connectivity index (χ2n) is 7.75. The maximum Gasteiger partial charge on any atom is 0.410 e. The van der Waals surface area contributed by atoms with Crippen LogP contribution in [0.5, 0.6) is 0 Å². The van der Waals surface area contributed by atoms with Gasteiger partial charge in [-0.1, -0.05) is 30.3 Å². The van der Waals surface area contributed by atoms with E-state index in [1.54, 1.807) is 27.7 Å². The zero-order valence-electron chi connectivity index (χ0n) is 16.8. The summed E-state index contributed by atoms with van der Waals surface area (Å²) in [6.07, 6.45) is -1.14. The first kappa shape index (κ1) is 21.5.